The predicted molar refractivity (Wildman–Crippen MR) is 139 cm³/mol. The van der Waals surface area contributed by atoms with Gasteiger partial charge in [-0.3, -0.25) is 9.59 Å². The minimum absolute atomic E-state index is 0.0560. The van der Waals surface area contributed by atoms with E-state index < -0.39 is 11.7 Å². The van der Waals surface area contributed by atoms with E-state index in [0.717, 1.165) is 29.7 Å². The van der Waals surface area contributed by atoms with Gasteiger partial charge in [-0.2, -0.15) is 0 Å². The number of fused-ring (bicyclic) bond motifs is 1. The van der Waals surface area contributed by atoms with Gasteiger partial charge >= 0.3 is 0 Å². The van der Waals surface area contributed by atoms with Crippen molar-refractivity contribution in [1.82, 2.24) is 0 Å². The molecule has 0 bridgehead atoms. The molecule has 7 heteroatoms. The Balaban J connectivity index is 1.71. The van der Waals surface area contributed by atoms with Gasteiger partial charge in [-0.1, -0.05) is 45.0 Å². The molecule has 1 atom stereocenters. The predicted octanol–water partition coefficient (Wildman–Crippen LogP) is 6.94. The molecule has 0 saturated heterocycles. The van der Waals surface area contributed by atoms with Crippen LogP contribution in [0.2, 0.25) is 0 Å². The van der Waals surface area contributed by atoms with Gasteiger partial charge in [-0.25, -0.2) is 4.39 Å². The topological polar surface area (TPSA) is 67.4 Å². The number of carbonyl (C=O) groups excluding carboxylic acids is 2. The molecule has 3 aromatic rings. The first-order valence-electron chi connectivity index (χ1n) is 11.9. The summed E-state index contributed by atoms with van der Waals surface area (Å²) in [5.74, 6) is -0.433. The highest BCUT2D eigenvalue weighted by atomic mass is 32.1. The van der Waals surface area contributed by atoms with E-state index in [-0.39, 0.29) is 16.9 Å². The van der Waals surface area contributed by atoms with Crippen LogP contribution in [0.15, 0.2) is 48.5 Å². The molecule has 0 fully saturated rings. The van der Waals surface area contributed by atoms with Crippen molar-refractivity contribution in [2.24, 2.45) is 11.3 Å². The third-order valence-electron chi connectivity index (χ3n) is 6.50. The number of carbonyl (C=O) groups is 2. The van der Waals surface area contributed by atoms with Gasteiger partial charge in [0, 0.05) is 4.88 Å². The molecule has 1 aliphatic carbocycles. The maximum atomic E-state index is 14.3. The fourth-order valence-corrected chi connectivity index (χ4v) is 5.83. The second-order valence-corrected chi connectivity index (χ2v) is 10.9. The first-order chi connectivity index (χ1) is 16.7. The van der Waals surface area contributed by atoms with Gasteiger partial charge in [0.15, 0.2) is 0 Å². The standard InChI is InChI=1S/C28H31FN2O3S/c1-5-34-22-13-9-8-12-21(22)30-26(33)24-19-15-14-17(28(2,3)4)16-23(19)35-27(24)31-25(32)18-10-6-7-11-20(18)29/h6-13,17H,5,14-16H2,1-4H3,(H,30,33)(H,31,32). The largest absolute Gasteiger partial charge is 0.492 e. The number of amides is 2. The van der Waals surface area contributed by atoms with Gasteiger partial charge in [0.2, 0.25) is 0 Å². The lowest BCUT2D eigenvalue weighted by Gasteiger charge is -2.33. The number of para-hydroxylation sites is 2. The maximum Gasteiger partial charge on any atom is 0.259 e. The van der Waals surface area contributed by atoms with Crippen LogP contribution in [0, 0.1) is 17.2 Å². The lowest BCUT2D eigenvalue weighted by Crippen LogP contribution is -2.27. The number of halogens is 1. The third-order valence-corrected chi connectivity index (χ3v) is 7.67. The first kappa shape index (κ1) is 24.9. The molecule has 2 amide bonds. The molecule has 1 aromatic heterocycles. The van der Waals surface area contributed by atoms with Crippen LogP contribution < -0.4 is 15.4 Å². The molecule has 0 spiro atoms. The number of anilines is 2. The number of nitrogens with one attached hydrogen (secondary N) is 2. The van der Waals surface area contributed by atoms with Crippen molar-refractivity contribution >= 4 is 33.8 Å². The fourth-order valence-electron chi connectivity index (χ4n) is 4.51. The van der Waals surface area contributed by atoms with Crippen LogP contribution in [0.1, 0.15) is 65.3 Å². The van der Waals surface area contributed by atoms with E-state index in [1.807, 2.05) is 19.1 Å². The molecule has 184 valence electrons. The van der Waals surface area contributed by atoms with Crippen LogP contribution in [0.5, 0.6) is 5.75 Å². The van der Waals surface area contributed by atoms with E-state index in [2.05, 4.69) is 31.4 Å². The van der Waals surface area contributed by atoms with E-state index in [0.29, 0.717) is 34.5 Å². The average molecular weight is 495 g/mol. The zero-order valence-electron chi connectivity index (χ0n) is 20.5. The van der Waals surface area contributed by atoms with E-state index in [9.17, 15) is 14.0 Å². The number of thiophene rings is 1. The molecule has 0 aliphatic heterocycles. The Morgan fingerprint density at radius 3 is 2.49 bits per heavy atom. The maximum absolute atomic E-state index is 14.3. The Morgan fingerprint density at radius 1 is 1.06 bits per heavy atom. The quantitative estimate of drug-likeness (QED) is 0.390. The Morgan fingerprint density at radius 2 is 1.77 bits per heavy atom. The molecule has 1 heterocycles. The van der Waals surface area contributed by atoms with Gasteiger partial charge in [0.1, 0.15) is 16.6 Å². The molecule has 4 rings (SSSR count). The number of rotatable bonds is 6. The van der Waals surface area contributed by atoms with Crippen molar-refractivity contribution in [3.63, 3.8) is 0 Å². The Labute approximate surface area is 209 Å². The molecular formula is C28H31FN2O3S. The summed E-state index contributed by atoms with van der Waals surface area (Å²) in [6.07, 6.45) is 2.55. The van der Waals surface area contributed by atoms with Gasteiger partial charge in [-0.05, 0) is 67.3 Å². The second-order valence-electron chi connectivity index (χ2n) is 9.83. The molecule has 0 radical (unpaired) electrons. The molecule has 2 N–H and O–H groups in total. The van der Waals surface area contributed by atoms with E-state index in [1.54, 1.807) is 18.2 Å². The zero-order chi connectivity index (χ0) is 25.2. The van der Waals surface area contributed by atoms with Crippen LogP contribution in [-0.4, -0.2) is 18.4 Å². The summed E-state index contributed by atoms with van der Waals surface area (Å²) < 4.78 is 19.9. The minimum Gasteiger partial charge on any atom is -0.492 e. The van der Waals surface area contributed by atoms with Gasteiger partial charge < -0.3 is 15.4 Å². The Bertz CT molecular complexity index is 1250. The Hall–Kier alpha value is -3.19. The van der Waals surface area contributed by atoms with Gasteiger partial charge in [0.05, 0.1) is 23.4 Å². The number of ether oxygens (including phenoxy) is 1. The second kappa shape index (κ2) is 10.2. The number of hydrogen-bond donors (Lipinski definition) is 2. The van der Waals surface area contributed by atoms with Crippen molar-refractivity contribution < 1.29 is 18.7 Å². The zero-order valence-corrected chi connectivity index (χ0v) is 21.4. The van der Waals surface area contributed by atoms with Gasteiger partial charge in [-0.15, -0.1) is 11.3 Å². The molecule has 2 aromatic carbocycles. The molecule has 5 nitrogen and oxygen atoms in total. The monoisotopic (exact) mass is 494 g/mol. The van der Waals surface area contributed by atoms with Crippen LogP contribution in [0.4, 0.5) is 15.1 Å². The third kappa shape index (κ3) is 5.40. The number of hydrogen-bond acceptors (Lipinski definition) is 4. The summed E-state index contributed by atoms with van der Waals surface area (Å²) in [6, 6.07) is 13.1. The summed E-state index contributed by atoms with van der Waals surface area (Å²) in [5, 5.41) is 6.25. The highest BCUT2D eigenvalue weighted by molar-refractivity contribution is 7.17. The normalized spacial score (nSPS) is 15.3. The van der Waals surface area contributed by atoms with Gasteiger partial charge in [0.25, 0.3) is 11.8 Å². The molecule has 35 heavy (non-hydrogen) atoms. The molecule has 1 unspecified atom stereocenters. The summed E-state index contributed by atoms with van der Waals surface area (Å²) in [4.78, 5) is 27.7. The lowest BCUT2D eigenvalue weighted by atomic mass is 9.72. The van der Waals surface area contributed by atoms with E-state index in [1.165, 1.54) is 29.5 Å². The number of benzene rings is 2. The highest BCUT2D eigenvalue weighted by Gasteiger charge is 2.34. The highest BCUT2D eigenvalue weighted by Crippen LogP contribution is 2.44. The van der Waals surface area contributed by atoms with Crippen molar-refractivity contribution in [2.75, 3.05) is 17.2 Å². The SMILES string of the molecule is CCOc1ccccc1NC(=O)c1c(NC(=O)c2ccccc2F)sc2c1CCC(C(C)(C)C)C2. The van der Waals surface area contributed by atoms with Crippen LogP contribution in [0.3, 0.4) is 0 Å². The van der Waals surface area contributed by atoms with Crippen LogP contribution in [-0.2, 0) is 12.8 Å². The first-order valence-corrected chi connectivity index (χ1v) is 12.7. The van der Waals surface area contributed by atoms with E-state index in [4.69, 9.17) is 4.74 Å². The minimum atomic E-state index is -0.601. The van der Waals surface area contributed by atoms with Crippen molar-refractivity contribution in [3.8, 4) is 5.75 Å². The van der Waals surface area contributed by atoms with Crippen molar-refractivity contribution in [1.29, 1.82) is 0 Å². The van der Waals surface area contributed by atoms with Crippen LogP contribution in [0.25, 0.3) is 0 Å². The smallest absolute Gasteiger partial charge is 0.259 e. The Kier molecular flexibility index (Phi) is 7.26. The summed E-state index contributed by atoms with van der Waals surface area (Å²) in [7, 11) is 0. The molecule has 1 aliphatic rings. The van der Waals surface area contributed by atoms with Crippen molar-refractivity contribution in [3.05, 3.63) is 75.9 Å². The molecule has 0 saturated carbocycles. The van der Waals surface area contributed by atoms with E-state index >= 15 is 0 Å². The van der Waals surface area contributed by atoms with Crippen LogP contribution >= 0.6 is 11.3 Å². The average Bonchev–Trinajstić information content (AvgIpc) is 3.17. The van der Waals surface area contributed by atoms with Crippen molar-refractivity contribution in [2.45, 2.75) is 47.0 Å². The summed E-state index contributed by atoms with van der Waals surface area (Å²) in [5.41, 5.74) is 2.06. The summed E-state index contributed by atoms with van der Waals surface area (Å²) >= 11 is 1.42. The lowest BCUT2D eigenvalue weighted by molar-refractivity contribution is 0.102. The fraction of sp³-hybridized carbons (Fsp3) is 0.357. The molecular weight excluding hydrogens is 463 g/mol. The summed E-state index contributed by atoms with van der Waals surface area (Å²) in [6.45, 7) is 9.05.